The van der Waals surface area contributed by atoms with Crippen LogP contribution in [0.2, 0.25) is 0 Å². The number of hydrogen-bond acceptors (Lipinski definition) is 6. The fourth-order valence-corrected chi connectivity index (χ4v) is 4.64. The standard InChI is InChI=1S/C25H21F4N7O3/c26-17-10-13(23(37)33-18-11-15(5-6-31-18)25(27,28)29)3-4-16(17)19-20-21(30)32-7-9-36(20)22(34-19)14-2-1-8-35(12-14)24(38)39/h3-7,9-11,14H,1-2,8,12H2,(H2,30,32)(H,38,39)(H,31,33,37). The molecule has 1 aliphatic heterocycles. The van der Waals surface area contributed by atoms with Gasteiger partial charge in [0.1, 0.15) is 34.5 Å². The van der Waals surface area contributed by atoms with Crippen LogP contribution in [0, 0.1) is 5.82 Å². The van der Waals surface area contributed by atoms with Crippen molar-refractivity contribution in [1.82, 2.24) is 24.3 Å². The van der Waals surface area contributed by atoms with E-state index in [1.165, 1.54) is 23.2 Å². The van der Waals surface area contributed by atoms with E-state index in [1.807, 2.05) is 0 Å². The first kappa shape index (κ1) is 25.9. The maximum Gasteiger partial charge on any atom is 0.416 e. The van der Waals surface area contributed by atoms with E-state index in [-0.39, 0.29) is 40.9 Å². The normalized spacial score (nSPS) is 15.9. The highest BCUT2D eigenvalue weighted by Crippen LogP contribution is 2.35. The van der Waals surface area contributed by atoms with Gasteiger partial charge in [0.25, 0.3) is 5.91 Å². The van der Waals surface area contributed by atoms with Crippen LogP contribution in [0.15, 0.2) is 48.9 Å². The second-order valence-electron chi connectivity index (χ2n) is 8.99. The van der Waals surface area contributed by atoms with Crippen molar-refractivity contribution in [1.29, 1.82) is 0 Å². The Bertz CT molecular complexity index is 1590. The number of fused-ring (bicyclic) bond motifs is 1. The van der Waals surface area contributed by atoms with Crippen molar-refractivity contribution in [3.8, 4) is 11.3 Å². The lowest BCUT2D eigenvalue weighted by Gasteiger charge is -2.29. The molecule has 10 nitrogen and oxygen atoms in total. The van der Waals surface area contributed by atoms with Gasteiger partial charge in [-0.1, -0.05) is 0 Å². The molecular formula is C25H21F4N7O3. The monoisotopic (exact) mass is 543 g/mol. The molecule has 3 aromatic heterocycles. The maximum atomic E-state index is 15.4. The molecule has 2 amide bonds. The highest BCUT2D eigenvalue weighted by atomic mass is 19.4. The zero-order valence-corrected chi connectivity index (χ0v) is 20.1. The molecule has 0 bridgehead atoms. The highest BCUT2D eigenvalue weighted by Gasteiger charge is 2.31. The van der Waals surface area contributed by atoms with Crippen LogP contribution < -0.4 is 11.1 Å². The molecule has 202 valence electrons. The van der Waals surface area contributed by atoms with Gasteiger partial charge in [0.05, 0.1) is 5.56 Å². The molecule has 0 saturated carbocycles. The van der Waals surface area contributed by atoms with E-state index in [0.29, 0.717) is 36.8 Å². The first-order valence-corrected chi connectivity index (χ1v) is 11.8. The minimum absolute atomic E-state index is 0.0121. The SMILES string of the molecule is Nc1nccn2c(C3CCCN(C(=O)O)C3)nc(-c3ccc(C(=O)Nc4cc(C(F)(F)F)ccn4)cc3F)c12. The maximum absolute atomic E-state index is 15.4. The van der Waals surface area contributed by atoms with Gasteiger partial charge >= 0.3 is 12.3 Å². The number of anilines is 2. The molecule has 14 heteroatoms. The Labute approximate surface area is 218 Å². The van der Waals surface area contributed by atoms with Gasteiger partial charge in [0, 0.05) is 48.7 Å². The van der Waals surface area contributed by atoms with Crippen molar-refractivity contribution in [3.63, 3.8) is 0 Å². The average Bonchev–Trinajstić information content (AvgIpc) is 3.29. The van der Waals surface area contributed by atoms with Crippen LogP contribution in [0.3, 0.4) is 0 Å². The third-order valence-corrected chi connectivity index (χ3v) is 6.48. The summed E-state index contributed by atoms with van der Waals surface area (Å²) in [6, 6.07) is 4.98. The van der Waals surface area contributed by atoms with E-state index in [9.17, 15) is 27.9 Å². The van der Waals surface area contributed by atoms with Gasteiger partial charge in [-0.2, -0.15) is 13.2 Å². The second kappa shape index (κ2) is 9.85. The lowest BCUT2D eigenvalue weighted by molar-refractivity contribution is -0.137. The summed E-state index contributed by atoms with van der Waals surface area (Å²) in [5.41, 5.74) is 5.46. The Morgan fingerprint density at radius 3 is 2.64 bits per heavy atom. The summed E-state index contributed by atoms with van der Waals surface area (Å²) in [5, 5.41) is 11.7. The van der Waals surface area contributed by atoms with Crippen molar-refractivity contribution in [2.45, 2.75) is 24.9 Å². The number of rotatable bonds is 4. The summed E-state index contributed by atoms with van der Waals surface area (Å²) in [6.45, 7) is 0.612. The summed E-state index contributed by atoms with van der Waals surface area (Å²) < 4.78 is 55.9. The molecule has 1 aromatic carbocycles. The number of carbonyl (C=O) groups excluding carboxylic acids is 1. The van der Waals surface area contributed by atoms with E-state index in [2.05, 4.69) is 20.3 Å². The van der Waals surface area contributed by atoms with Crippen molar-refractivity contribution in [2.75, 3.05) is 24.1 Å². The minimum Gasteiger partial charge on any atom is -0.465 e. The zero-order valence-electron chi connectivity index (χ0n) is 20.1. The molecule has 0 aliphatic carbocycles. The number of imidazole rings is 1. The summed E-state index contributed by atoms with van der Waals surface area (Å²) in [5.74, 6) is -1.73. The summed E-state index contributed by atoms with van der Waals surface area (Å²) in [4.78, 5) is 37.9. The number of halogens is 4. The number of pyridine rings is 1. The molecule has 1 fully saturated rings. The molecular weight excluding hydrogens is 522 g/mol. The van der Waals surface area contributed by atoms with Gasteiger partial charge in [0.15, 0.2) is 0 Å². The van der Waals surface area contributed by atoms with Gasteiger partial charge in [-0.3, -0.25) is 9.20 Å². The smallest absolute Gasteiger partial charge is 0.416 e. The van der Waals surface area contributed by atoms with E-state index in [1.54, 1.807) is 10.6 Å². The number of carboxylic acid groups (broad SMARTS) is 1. The van der Waals surface area contributed by atoms with E-state index < -0.39 is 29.6 Å². The zero-order chi connectivity index (χ0) is 27.9. The number of amides is 2. The van der Waals surface area contributed by atoms with Gasteiger partial charge in [-0.25, -0.2) is 24.1 Å². The number of nitrogens with two attached hydrogens (primary N) is 1. The first-order chi connectivity index (χ1) is 18.5. The number of alkyl halides is 3. The fraction of sp³-hybridized carbons (Fsp3) is 0.240. The Morgan fingerprint density at radius 2 is 1.92 bits per heavy atom. The molecule has 0 spiro atoms. The van der Waals surface area contributed by atoms with E-state index >= 15 is 4.39 Å². The first-order valence-electron chi connectivity index (χ1n) is 11.8. The van der Waals surface area contributed by atoms with Crippen LogP contribution >= 0.6 is 0 Å². The van der Waals surface area contributed by atoms with Crippen molar-refractivity contribution < 1.29 is 32.3 Å². The van der Waals surface area contributed by atoms with E-state index in [4.69, 9.17) is 5.73 Å². The second-order valence-corrected chi connectivity index (χ2v) is 8.99. The van der Waals surface area contributed by atoms with Gasteiger partial charge < -0.3 is 21.1 Å². The molecule has 5 rings (SSSR count). The molecule has 4 heterocycles. The number of likely N-dealkylation sites (tertiary alicyclic amines) is 1. The summed E-state index contributed by atoms with van der Waals surface area (Å²) in [6.07, 6.45) is -0.398. The topological polar surface area (TPSA) is 139 Å². The van der Waals surface area contributed by atoms with Gasteiger partial charge in [-0.15, -0.1) is 0 Å². The molecule has 1 aliphatic rings. The van der Waals surface area contributed by atoms with Crippen molar-refractivity contribution >= 4 is 29.2 Å². The number of carbonyl (C=O) groups is 2. The highest BCUT2D eigenvalue weighted by molar-refractivity contribution is 6.04. The lowest BCUT2D eigenvalue weighted by atomic mass is 9.97. The predicted octanol–water partition coefficient (Wildman–Crippen LogP) is 4.64. The minimum atomic E-state index is -4.62. The van der Waals surface area contributed by atoms with Gasteiger partial charge in [0.2, 0.25) is 0 Å². The molecule has 1 atom stereocenters. The number of benzene rings is 1. The molecule has 4 N–H and O–H groups in total. The molecule has 4 aromatic rings. The number of nitrogen functional groups attached to an aromatic ring is 1. The Balaban J connectivity index is 1.48. The fourth-order valence-electron chi connectivity index (χ4n) is 4.64. The number of piperidine rings is 1. The summed E-state index contributed by atoms with van der Waals surface area (Å²) >= 11 is 0. The Kier molecular flexibility index (Phi) is 6.54. The Hall–Kier alpha value is -4.75. The van der Waals surface area contributed by atoms with Crippen LogP contribution in [-0.4, -0.2) is 54.4 Å². The van der Waals surface area contributed by atoms with Crippen LogP contribution in [0.25, 0.3) is 16.8 Å². The number of hydrogen-bond donors (Lipinski definition) is 3. The number of nitrogens with zero attached hydrogens (tertiary/aromatic N) is 5. The molecule has 1 unspecified atom stereocenters. The number of nitrogens with one attached hydrogen (secondary N) is 1. The van der Waals surface area contributed by atoms with E-state index in [0.717, 1.165) is 18.3 Å². The third-order valence-electron chi connectivity index (χ3n) is 6.48. The van der Waals surface area contributed by atoms with Crippen LogP contribution in [0.5, 0.6) is 0 Å². The predicted molar refractivity (Wildman–Crippen MR) is 132 cm³/mol. The van der Waals surface area contributed by atoms with Crippen LogP contribution in [-0.2, 0) is 6.18 Å². The average molecular weight is 543 g/mol. The largest absolute Gasteiger partial charge is 0.465 e. The quantitative estimate of drug-likeness (QED) is 0.319. The van der Waals surface area contributed by atoms with Crippen molar-refractivity contribution in [3.05, 3.63) is 71.7 Å². The van der Waals surface area contributed by atoms with Gasteiger partial charge in [-0.05, 0) is 43.2 Å². The molecule has 0 radical (unpaired) electrons. The van der Waals surface area contributed by atoms with Crippen LogP contribution in [0.1, 0.15) is 40.5 Å². The summed E-state index contributed by atoms with van der Waals surface area (Å²) in [7, 11) is 0. The Morgan fingerprint density at radius 1 is 1.13 bits per heavy atom. The third kappa shape index (κ3) is 5.04. The van der Waals surface area contributed by atoms with Crippen molar-refractivity contribution in [2.24, 2.45) is 0 Å². The molecule has 1 saturated heterocycles. The number of aromatic nitrogens is 4. The molecule has 39 heavy (non-hydrogen) atoms. The van der Waals surface area contributed by atoms with Crippen LogP contribution in [0.4, 0.5) is 34.0 Å². The lowest BCUT2D eigenvalue weighted by Crippen LogP contribution is -2.38.